The summed E-state index contributed by atoms with van der Waals surface area (Å²) >= 11 is 0. The number of aliphatic hydroxyl groups excluding tert-OH is 1. The molecule has 2 heterocycles. The number of rotatable bonds is 8. The van der Waals surface area contributed by atoms with Crippen LogP contribution in [0.1, 0.15) is 47.7 Å². The third-order valence-corrected chi connectivity index (χ3v) is 6.01. The summed E-state index contributed by atoms with van der Waals surface area (Å²) in [5.41, 5.74) is 3.01. The van der Waals surface area contributed by atoms with Crippen molar-refractivity contribution in [1.82, 2.24) is 10.2 Å². The highest BCUT2D eigenvalue weighted by atomic mass is 16.5. The molecule has 6 heteroatoms. The van der Waals surface area contributed by atoms with Crippen molar-refractivity contribution in [3.8, 4) is 11.5 Å². The van der Waals surface area contributed by atoms with Crippen LogP contribution in [-0.2, 0) is 13.0 Å². The molecule has 0 saturated carbocycles. The van der Waals surface area contributed by atoms with E-state index in [2.05, 4.69) is 28.4 Å². The lowest BCUT2D eigenvalue weighted by molar-refractivity contribution is 0.0914. The molecule has 166 valence electrons. The van der Waals surface area contributed by atoms with Gasteiger partial charge in [0.15, 0.2) is 0 Å². The number of fused-ring (bicyclic) bond motifs is 1. The first kappa shape index (κ1) is 21.7. The molecular formula is C25H32N2O4. The second-order valence-electron chi connectivity index (χ2n) is 8.51. The normalized spacial score (nSPS) is 19.4. The van der Waals surface area contributed by atoms with Crippen LogP contribution in [0.15, 0.2) is 42.5 Å². The van der Waals surface area contributed by atoms with E-state index in [-0.39, 0.29) is 18.6 Å². The molecule has 0 spiro atoms. The van der Waals surface area contributed by atoms with Crippen LogP contribution in [0.3, 0.4) is 0 Å². The molecule has 2 aliphatic rings. The van der Waals surface area contributed by atoms with E-state index in [1.54, 1.807) is 24.3 Å². The Morgan fingerprint density at radius 2 is 2.00 bits per heavy atom. The summed E-state index contributed by atoms with van der Waals surface area (Å²) < 4.78 is 11.5. The van der Waals surface area contributed by atoms with Crippen molar-refractivity contribution in [2.24, 2.45) is 0 Å². The monoisotopic (exact) mass is 424 g/mol. The molecular weight excluding hydrogens is 392 g/mol. The summed E-state index contributed by atoms with van der Waals surface area (Å²) in [4.78, 5) is 15.1. The van der Waals surface area contributed by atoms with Crippen molar-refractivity contribution in [3.63, 3.8) is 0 Å². The minimum absolute atomic E-state index is 0.0555. The fraction of sp³-hybridized carbons (Fsp3) is 0.480. The third kappa shape index (κ3) is 5.77. The van der Waals surface area contributed by atoms with Gasteiger partial charge in [-0.3, -0.25) is 9.69 Å². The van der Waals surface area contributed by atoms with Crippen molar-refractivity contribution in [2.75, 3.05) is 26.3 Å². The Labute approximate surface area is 184 Å². The van der Waals surface area contributed by atoms with E-state index in [1.165, 1.54) is 31.5 Å². The van der Waals surface area contributed by atoms with E-state index in [0.717, 1.165) is 24.3 Å². The largest absolute Gasteiger partial charge is 0.491 e. The van der Waals surface area contributed by atoms with E-state index in [1.807, 2.05) is 6.92 Å². The number of aliphatic hydroxyl groups is 1. The van der Waals surface area contributed by atoms with Gasteiger partial charge in [-0.25, -0.2) is 0 Å². The van der Waals surface area contributed by atoms with Crippen molar-refractivity contribution in [3.05, 3.63) is 59.2 Å². The van der Waals surface area contributed by atoms with Crippen LogP contribution in [0.5, 0.6) is 11.5 Å². The van der Waals surface area contributed by atoms with E-state index in [9.17, 15) is 9.90 Å². The lowest BCUT2D eigenvalue weighted by Gasteiger charge is -2.27. The van der Waals surface area contributed by atoms with Crippen LogP contribution in [-0.4, -0.2) is 54.4 Å². The highest BCUT2D eigenvalue weighted by Gasteiger charge is 2.23. The van der Waals surface area contributed by atoms with E-state index in [4.69, 9.17) is 9.47 Å². The number of carbonyl (C=O) groups excluding carboxylic acids is 1. The Bertz CT molecular complexity index is 878. The number of nitrogens with zero attached hydrogens (tertiary/aromatic N) is 1. The Morgan fingerprint density at radius 3 is 2.74 bits per heavy atom. The average Bonchev–Trinajstić information content (AvgIpc) is 3.31. The van der Waals surface area contributed by atoms with Gasteiger partial charge >= 0.3 is 0 Å². The molecule has 1 amide bonds. The van der Waals surface area contributed by atoms with Crippen LogP contribution in [0.4, 0.5) is 0 Å². The maximum atomic E-state index is 12.6. The minimum Gasteiger partial charge on any atom is -0.491 e. The van der Waals surface area contributed by atoms with Gasteiger partial charge in [0.1, 0.15) is 24.7 Å². The van der Waals surface area contributed by atoms with E-state index in [0.29, 0.717) is 24.3 Å². The van der Waals surface area contributed by atoms with Gasteiger partial charge in [0, 0.05) is 12.1 Å². The first-order valence-corrected chi connectivity index (χ1v) is 11.3. The molecule has 2 N–H and O–H groups in total. The number of hydrogen-bond acceptors (Lipinski definition) is 5. The molecule has 1 saturated heterocycles. The van der Waals surface area contributed by atoms with Crippen LogP contribution in [0.25, 0.3) is 0 Å². The molecule has 2 aromatic rings. The van der Waals surface area contributed by atoms with Crippen molar-refractivity contribution >= 4 is 5.91 Å². The molecule has 2 aromatic carbocycles. The summed E-state index contributed by atoms with van der Waals surface area (Å²) in [5.74, 6) is 1.46. The number of amides is 1. The average molecular weight is 425 g/mol. The molecule has 0 radical (unpaired) electrons. The molecule has 0 aliphatic carbocycles. The third-order valence-electron chi connectivity index (χ3n) is 6.01. The smallest absolute Gasteiger partial charge is 0.251 e. The zero-order valence-electron chi connectivity index (χ0n) is 18.2. The van der Waals surface area contributed by atoms with Crippen LogP contribution in [0, 0.1) is 0 Å². The van der Waals surface area contributed by atoms with Crippen molar-refractivity contribution in [1.29, 1.82) is 0 Å². The van der Waals surface area contributed by atoms with Crippen LogP contribution < -0.4 is 14.8 Å². The fourth-order valence-electron chi connectivity index (χ4n) is 4.09. The summed E-state index contributed by atoms with van der Waals surface area (Å²) in [5, 5.41) is 12.7. The number of benzene rings is 2. The number of hydrogen-bond donors (Lipinski definition) is 2. The van der Waals surface area contributed by atoms with Gasteiger partial charge < -0.3 is 19.9 Å². The standard InChI is InChI=1S/C25H32N2O4/c1-2-22(28)17-30-23-9-7-19(8-10-23)25(29)26-21-14-20-6-5-18(13-24(20)31-16-21)15-27-11-3-4-12-27/h5-10,13,21-22,28H,2-4,11-12,14-17H2,1H3,(H,26,29)/t21-,22-/m1/s1. The number of carbonyl (C=O) groups is 1. The quantitative estimate of drug-likeness (QED) is 0.681. The first-order valence-electron chi connectivity index (χ1n) is 11.3. The Balaban J connectivity index is 1.30. The topological polar surface area (TPSA) is 71.0 Å². The lowest BCUT2D eigenvalue weighted by atomic mass is 10.00. The summed E-state index contributed by atoms with van der Waals surface area (Å²) in [7, 11) is 0. The number of ether oxygens (including phenoxy) is 2. The zero-order valence-corrected chi connectivity index (χ0v) is 18.2. The van der Waals surface area contributed by atoms with Gasteiger partial charge in [-0.2, -0.15) is 0 Å². The van der Waals surface area contributed by atoms with Crippen molar-refractivity contribution in [2.45, 2.75) is 51.3 Å². The zero-order chi connectivity index (χ0) is 21.6. The maximum Gasteiger partial charge on any atom is 0.251 e. The predicted molar refractivity (Wildman–Crippen MR) is 120 cm³/mol. The summed E-state index contributed by atoms with van der Waals surface area (Å²) in [6.45, 7) is 5.97. The maximum absolute atomic E-state index is 12.6. The molecule has 0 unspecified atom stereocenters. The molecule has 0 aromatic heterocycles. The summed E-state index contributed by atoms with van der Waals surface area (Å²) in [6, 6.07) is 13.4. The number of nitrogens with one attached hydrogen (secondary N) is 1. The predicted octanol–water partition coefficient (Wildman–Crippen LogP) is 3.17. The number of likely N-dealkylation sites (tertiary alicyclic amines) is 1. The molecule has 2 aliphatic heterocycles. The van der Waals surface area contributed by atoms with Gasteiger partial charge in [0.2, 0.25) is 0 Å². The molecule has 31 heavy (non-hydrogen) atoms. The van der Waals surface area contributed by atoms with Gasteiger partial charge in [-0.1, -0.05) is 19.1 Å². The van der Waals surface area contributed by atoms with E-state index >= 15 is 0 Å². The minimum atomic E-state index is -0.478. The molecule has 2 atom stereocenters. The summed E-state index contributed by atoms with van der Waals surface area (Å²) in [6.07, 6.45) is 3.52. The van der Waals surface area contributed by atoms with Gasteiger partial charge in [-0.15, -0.1) is 0 Å². The van der Waals surface area contributed by atoms with E-state index < -0.39 is 6.10 Å². The molecule has 6 nitrogen and oxygen atoms in total. The van der Waals surface area contributed by atoms with Crippen LogP contribution >= 0.6 is 0 Å². The Hall–Kier alpha value is -2.57. The fourth-order valence-corrected chi connectivity index (χ4v) is 4.09. The van der Waals surface area contributed by atoms with Gasteiger partial charge in [0.25, 0.3) is 5.91 Å². The van der Waals surface area contributed by atoms with Gasteiger partial charge in [0.05, 0.1) is 12.1 Å². The molecule has 1 fully saturated rings. The van der Waals surface area contributed by atoms with Gasteiger partial charge in [-0.05, 0) is 80.2 Å². The highest BCUT2D eigenvalue weighted by Crippen LogP contribution is 2.27. The Morgan fingerprint density at radius 1 is 1.23 bits per heavy atom. The second-order valence-corrected chi connectivity index (χ2v) is 8.51. The van der Waals surface area contributed by atoms with Crippen LogP contribution in [0.2, 0.25) is 0 Å². The Kier molecular flexibility index (Phi) is 7.10. The highest BCUT2D eigenvalue weighted by molar-refractivity contribution is 5.94. The first-order chi connectivity index (χ1) is 15.1. The molecule has 4 rings (SSSR count). The molecule has 0 bridgehead atoms. The van der Waals surface area contributed by atoms with Crippen molar-refractivity contribution < 1.29 is 19.4 Å². The lowest BCUT2D eigenvalue weighted by Crippen LogP contribution is -2.42. The second kappa shape index (κ2) is 10.2. The SMILES string of the molecule is CC[C@@H](O)COc1ccc(C(=O)N[C@H]2COc3cc(CN4CCCC4)ccc3C2)cc1.